The van der Waals surface area contributed by atoms with E-state index in [1.165, 1.54) is 17.0 Å². The molecule has 1 aromatic heterocycles. The van der Waals surface area contributed by atoms with Crippen molar-refractivity contribution in [3.63, 3.8) is 0 Å². The van der Waals surface area contributed by atoms with Crippen LogP contribution in [0.25, 0.3) is 0 Å². The molecular weight excluding hydrogens is 467 g/mol. The van der Waals surface area contributed by atoms with Gasteiger partial charge in [-0.05, 0) is 54.6 Å². The summed E-state index contributed by atoms with van der Waals surface area (Å²) in [6, 6.07) is 8.88. The SMILES string of the molecule is O=C(C1CCN(Sc2ccncc2)CC1)N1CCN(Cc2ccc(F)cc2Br)CC1. The number of carbonyl (C=O) groups is 1. The van der Waals surface area contributed by atoms with Gasteiger partial charge in [0.05, 0.1) is 0 Å². The second kappa shape index (κ2) is 10.2. The second-order valence-corrected chi connectivity index (χ2v) is 9.84. The molecule has 1 amide bonds. The van der Waals surface area contributed by atoms with E-state index in [1.807, 2.05) is 35.5 Å². The van der Waals surface area contributed by atoms with Crippen molar-refractivity contribution in [2.45, 2.75) is 24.3 Å². The van der Waals surface area contributed by atoms with Crippen LogP contribution in [0.15, 0.2) is 52.1 Å². The summed E-state index contributed by atoms with van der Waals surface area (Å²) < 4.78 is 16.4. The smallest absolute Gasteiger partial charge is 0.225 e. The quantitative estimate of drug-likeness (QED) is 0.588. The van der Waals surface area contributed by atoms with Crippen LogP contribution in [0.1, 0.15) is 18.4 Å². The number of benzene rings is 1. The molecule has 1 aromatic carbocycles. The Hall–Kier alpha value is -1.48. The Morgan fingerprint density at radius 3 is 2.43 bits per heavy atom. The van der Waals surface area contributed by atoms with Crippen LogP contribution in [-0.4, -0.2) is 64.3 Å². The number of rotatable bonds is 5. The van der Waals surface area contributed by atoms with Gasteiger partial charge in [-0.2, -0.15) is 0 Å². The molecule has 2 saturated heterocycles. The van der Waals surface area contributed by atoms with E-state index in [4.69, 9.17) is 0 Å². The van der Waals surface area contributed by atoms with Crippen LogP contribution in [0.3, 0.4) is 0 Å². The van der Waals surface area contributed by atoms with Gasteiger partial charge in [0, 0.05) is 73.5 Å². The minimum Gasteiger partial charge on any atom is -0.340 e. The zero-order valence-electron chi connectivity index (χ0n) is 16.8. The van der Waals surface area contributed by atoms with Crippen LogP contribution in [0.2, 0.25) is 0 Å². The van der Waals surface area contributed by atoms with Crippen molar-refractivity contribution >= 4 is 33.8 Å². The molecular formula is C22H26BrFN4OS. The van der Waals surface area contributed by atoms with Gasteiger partial charge in [0.2, 0.25) is 5.91 Å². The first-order valence-electron chi connectivity index (χ1n) is 10.4. The number of carbonyl (C=O) groups excluding carboxylic acids is 1. The average molecular weight is 493 g/mol. The Bertz CT molecular complexity index is 855. The monoisotopic (exact) mass is 492 g/mol. The van der Waals surface area contributed by atoms with E-state index in [9.17, 15) is 9.18 Å². The molecule has 0 radical (unpaired) electrons. The fourth-order valence-electron chi connectivity index (χ4n) is 4.02. The first-order valence-corrected chi connectivity index (χ1v) is 11.9. The van der Waals surface area contributed by atoms with Gasteiger partial charge < -0.3 is 4.90 Å². The summed E-state index contributed by atoms with van der Waals surface area (Å²) in [6.07, 6.45) is 5.46. The van der Waals surface area contributed by atoms with Gasteiger partial charge in [-0.15, -0.1) is 0 Å². The minimum atomic E-state index is -0.230. The van der Waals surface area contributed by atoms with E-state index in [0.717, 1.165) is 68.7 Å². The van der Waals surface area contributed by atoms with E-state index in [1.54, 1.807) is 11.9 Å². The van der Waals surface area contributed by atoms with Gasteiger partial charge in [0.25, 0.3) is 0 Å². The molecule has 0 bridgehead atoms. The first kappa shape index (κ1) is 21.7. The largest absolute Gasteiger partial charge is 0.340 e. The highest BCUT2D eigenvalue weighted by atomic mass is 79.9. The predicted octanol–water partition coefficient (Wildman–Crippen LogP) is 4.05. The van der Waals surface area contributed by atoms with E-state index >= 15 is 0 Å². The van der Waals surface area contributed by atoms with Gasteiger partial charge in [-0.3, -0.25) is 14.7 Å². The fourth-order valence-corrected chi connectivity index (χ4v) is 5.43. The molecule has 2 aliphatic rings. The highest BCUT2D eigenvalue weighted by molar-refractivity contribution is 9.10. The Balaban J connectivity index is 1.22. The molecule has 2 fully saturated rings. The molecule has 0 atom stereocenters. The van der Waals surface area contributed by atoms with Crippen LogP contribution in [0.5, 0.6) is 0 Å². The molecule has 8 heteroatoms. The number of piperazine rings is 1. The summed E-state index contributed by atoms with van der Waals surface area (Å²) in [5.74, 6) is 0.217. The Morgan fingerprint density at radius 1 is 1.07 bits per heavy atom. The molecule has 4 rings (SSSR count). The van der Waals surface area contributed by atoms with Crippen molar-refractivity contribution in [1.82, 2.24) is 19.1 Å². The van der Waals surface area contributed by atoms with Crippen molar-refractivity contribution in [3.8, 4) is 0 Å². The van der Waals surface area contributed by atoms with Gasteiger partial charge >= 0.3 is 0 Å². The minimum absolute atomic E-state index is 0.136. The van der Waals surface area contributed by atoms with Crippen molar-refractivity contribution in [2.24, 2.45) is 5.92 Å². The fraction of sp³-hybridized carbons (Fsp3) is 0.455. The Labute approximate surface area is 189 Å². The summed E-state index contributed by atoms with van der Waals surface area (Å²) >= 11 is 5.20. The number of nitrogens with zero attached hydrogens (tertiary/aromatic N) is 4. The standard InChI is InChI=1S/C22H26BrFN4OS/c23-21-15-19(24)2-1-18(21)16-26-11-13-27(14-12-26)22(29)17-5-9-28(10-6-17)30-20-3-7-25-8-4-20/h1-4,7-8,15,17H,5-6,9-14,16H2. The number of aromatic nitrogens is 1. The average Bonchev–Trinajstić information content (AvgIpc) is 2.77. The maximum Gasteiger partial charge on any atom is 0.225 e. The summed E-state index contributed by atoms with van der Waals surface area (Å²) in [5, 5.41) is 0. The lowest BCUT2D eigenvalue weighted by Gasteiger charge is -2.38. The molecule has 30 heavy (non-hydrogen) atoms. The molecule has 5 nitrogen and oxygen atoms in total. The maximum atomic E-state index is 13.3. The lowest BCUT2D eigenvalue weighted by Crippen LogP contribution is -2.51. The zero-order valence-corrected chi connectivity index (χ0v) is 19.2. The molecule has 0 spiro atoms. The highest BCUT2D eigenvalue weighted by Gasteiger charge is 2.30. The molecule has 2 aromatic rings. The lowest BCUT2D eigenvalue weighted by atomic mass is 9.96. The molecule has 3 heterocycles. The number of hydrogen-bond donors (Lipinski definition) is 0. The van der Waals surface area contributed by atoms with E-state index in [2.05, 4.69) is 30.1 Å². The lowest BCUT2D eigenvalue weighted by molar-refractivity contribution is -0.138. The number of pyridine rings is 1. The van der Waals surface area contributed by atoms with Crippen molar-refractivity contribution in [1.29, 1.82) is 0 Å². The van der Waals surface area contributed by atoms with Crippen molar-refractivity contribution < 1.29 is 9.18 Å². The number of amides is 1. The van der Waals surface area contributed by atoms with Crippen molar-refractivity contribution in [3.05, 3.63) is 58.6 Å². The summed E-state index contributed by atoms with van der Waals surface area (Å²) in [4.78, 5) is 22.6. The van der Waals surface area contributed by atoms with Gasteiger partial charge in [0.15, 0.2) is 0 Å². The molecule has 0 saturated carbocycles. The summed E-state index contributed by atoms with van der Waals surface area (Å²) in [7, 11) is 0. The number of hydrogen-bond acceptors (Lipinski definition) is 5. The topological polar surface area (TPSA) is 39.7 Å². The molecule has 2 aliphatic heterocycles. The molecule has 160 valence electrons. The first-order chi connectivity index (χ1) is 14.6. The molecule has 0 unspecified atom stereocenters. The van der Waals surface area contributed by atoms with Crippen molar-refractivity contribution in [2.75, 3.05) is 39.3 Å². The number of halogens is 2. The van der Waals surface area contributed by atoms with Gasteiger partial charge in [-0.1, -0.05) is 22.0 Å². The molecule has 0 aliphatic carbocycles. The van der Waals surface area contributed by atoms with E-state index in [-0.39, 0.29) is 11.7 Å². The van der Waals surface area contributed by atoms with Crippen LogP contribution in [0.4, 0.5) is 4.39 Å². The van der Waals surface area contributed by atoms with Crippen LogP contribution < -0.4 is 0 Å². The predicted molar refractivity (Wildman–Crippen MR) is 120 cm³/mol. The second-order valence-electron chi connectivity index (χ2n) is 7.81. The van der Waals surface area contributed by atoms with E-state index < -0.39 is 0 Å². The summed E-state index contributed by atoms with van der Waals surface area (Å²) in [5.41, 5.74) is 1.08. The number of piperidine rings is 1. The van der Waals surface area contributed by atoms with Crippen LogP contribution >= 0.6 is 27.9 Å². The van der Waals surface area contributed by atoms with Gasteiger partial charge in [0.1, 0.15) is 5.82 Å². The highest BCUT2D eigenvalue weighted by Crippen LogP contribution is 2.29. The van der Waals surface area contributed by atoms with Gasteiger partial charge in [-0.25, -0.2) is 8.70 Å². The van der Waals surface area contributed by atoms with E-state index in [0.29, 0.717) is 5.91 Å². The van der Waals surface area contributed by atoms with Crippen LogP contribution in [-0.2, 0) is 11.3 Å². The Kier molecular flexibility index (Phi) is 7.41. The molecule has 0 N–H and O–H groups in total. The van der Waals surface area contributed by atoms with Crippen LogP contribution in [0, 0.1) is 11.7 Å². The summed E-state index contributed by atoms with van der Waals surface area (Å²) in [6.45, 7) is 5.88. The Morgan fingerprint density at radius 2 is 1.77 bits per heavy atom. The normalized spacial score (nSPS) is 19.2. The zero-order chi connectivity index (χ0) is 20.9. The maximum absolute atomic E-state index is 13.3. The third-order valence-electron chi connectivity index (χ3n) is 5.78. The third kappa shape index (κ3) is 5.60. The third-order valence-corrected chi connectivity index (χ3v) is 7.62.